The maximum Gasteiger partial charge on any atom is 0.226 e. The molecule has 0 spiro atoms. The molecule has 1 rings (SSSR count). The van der Waals surface area contributed by atoms with Crippen LogP contribution >= 0.6 is 0 Å². The summed E-state index contributed by atoms with van der Waals surface area (Å²) in [5.74, 6) is 0.662. The van der Waals surface area contributed by atoms with E-state index in [2.05, 4.69) is 41.7 Å². The van der Waals surface area contributed by atoms with Gasteiger partial charge in [0.2, 0.25) is 5.95 Å². The average Bonchev–Trinajstić information content (AvgIpc) is 2.34. The molecular formula is C13H20N4. The average molecular weight is 232 g/mol. The van der Waals surface area contributed by atoms with Crippen LogP contribution in [0.4, 0.5) is 5.95 Å². The van der Waals surface area contributed by atoms with E-state index in [1.165, 1.54) is 12.8 Å². The lowest BCUT2D eigenvalue weighted by molar-refractivity contribution is 0.612. The van der Waals surface area contributed by atoms with Crippen molar-refractivity contribution >= 4 is 5.95 Å². The van der Waals surface area contributed by atoms with Gasteiger partial charge in [0.25, 0.3) is 0 Å². The molecule has 0 N–H and O–H groups in total. The van der Waals surface area contributed by atoms with E-state index < -0.39 is 0 Å². The van der Waals surface area contributed by atoms with Gasteiger partial charge in [-0.1, -0.05) is 19.8 Å². The van der Waals surface area contributed by atoms with Crippen LogP contribution in [0.25, 0.3) is 0 Å². The van der Waals surface area contributed by atoms with Crippen molar-refractivity contribution in [3.63, 3.8) is 0 Å². The maximum atomic E-state index is 8.84. The molecule has 17 heavy (non-hydrogen) atoms. The Morgan fingerprint density at radius 2 is 2.18 bits per heavy atom. The molecule has 4 nitrogen and oxygen atoms in total. The summed E-state index contributed by atoms with van der Waals surface area (Å²) in [6, 6.07) is 4.03. The normalized spacial score (nSPS) is 10.3. The molecule has 4 heteroatoms. The van der Waals surface area contributed by atoms with Crippen molar-refractivity contribution in [2.24, 2.45) is 0 Å². The van der Waals surface area contributed by atoms with Crippen molar-refractivity contribution in [3.05, 3.63) is 18.0 Å². The van der Waals surface area contributed by atoms with Gasteiger partial charge in [-0.05, 0) is 26.3 Å². The third-order valence-corrected chi connectivity index (χ3v) is 2.64. The van der Waals surface area contributed by atoms with Gasteiger partial charge in [-0.3, -0.25) is 0 Å². The number of rotatable bonds is 6. The fourth-order valence-electron chi connectivity index (χ4n) is 1.67. The van der Waals surface area contributed by atoms with E-state index in [9.17, 15) is 0 Å². The van der Waals surface area contributed by atoms with E-state index in [0.29, 0.717) is 17.7 Å². The van der Waals surface area contributed by atoms with Crippen LogP contribution in [-0.2, 0) is 0 Å². The second-order valence-electron chi connectivity index (χ2n) is 4.35. The van der Waals surface area contributed by atoms with Gasteiger partial charge in [0, 0.05) is 18.8 Å². The Morgan fingerprint density at radius 3 is 2.76 bits per heavy atom. The fraction of sp³-hybridized carbons (Fsp3) is 0.615. The van der Waals surface area contributed by atoms with Crippen LogP contribution in [0.1, 0.15) is 45.7 Å². The van der Waals surface area contributed by atoms with Crippen molar-refractivity contribution in [1.82, 2.24) is 9.97 Å². The smallest absolute Gasteiger partial charge is 0.226 e. The highest BCUT2D eigenvalue weighted by atomic mass is 15.3. The van der Waals surface area contributed by atoms with Crippen molar-refractivity contribution in [2.45, 2.75) is 46.1 Å². The van der Waals surface area contributed by atoms with Crippen molar-refractivity contribution in [1.29, 1.82) is 5.26 Å². The quantitative estimate of drug-likeness (QED) is 0.708. The van der Waals surface area contributed by atoms with Gasteiger partial charge in [-0.15, -0.1) is 0 Å². The van der Waals surface area contributed by atoms with Crippen LogP contribution < -0.4 is 4.90 Å². The number of nitrogens with zero attached hydrogens (tertiary/aromatic N) is 4. The van der Waals surface area contributed by atoms with Gasteiger partial charge < -0.3 is 4.90 Å². The lowest BCUT2D eigenvalue weighted by atomic mass is 10.2. The van der Waals surface area contributed by atoms with Crippen LogP contribution in [0.5, 0.6) is 0 Å². The van der Waals surface area contributed by atoms with E-state index in [4.69, 9.17) is 5.26 Å². The van der Waals surface area contributed by atoms with Crippen LogP contribution in [0.15, 0.2) is 12.3 Å². The summed E-state index contributed by atoms with van der Waals surface area (Å²) in [5, 5.41) is 8.84. The predicted octanol–water partition coefficient (Wildman–Crippen LogP) is 2.75. The number of anilines is 1. The Hall–Kier alpha value is -1.63. The Balaban J connectivity index is 2.78. The van der Waals surface area contributed by atoms with Crippen molar-refractivity contribution in [2.75, 3.05) is 11.4 Å². The lowest BCUT2D eigenvalue weighted by Gasteiger charge is -2.26. The van der Waals surface area contributed by atoms with Gasteiger partial charge in [-0.2, -0.15) is 5.26 Å². The summed E-state index contributed by atoms with van der Waals surface area (Å²) in [5.41, 5.74) is 0.427. The standard InChI is InChI=1S/C13H20N4/c1-4-5-6-9-17(11(2)3)13-15-8-7-12(10-14)16-13/h7-8,11H,4-6,9H2,1-3H3. The fourth-order valence-corrected chi connectivity index (χ4v) is 1.67. The van der Waals surface area contributed by atoms with Crippen LogP contribution in [0.2, 0.25) is 0 Å². The molecular weight excluding hydrogens is 212 g/mol. The van der Waals surface area contributed by atoms with Crippen molar-refractivity contribution < 1.29 is 0 Å². The first kappa shape index (κ1) is 13.4. The third kappa shape index (κ3) is 4.03. The van der Waals surface area contributed by atoms with E-state index in [-0.39, 0.29) is 0 Å². The Kier molecular flexibility index (Phi) is 5.41. The zero-order valence-corrected chi connectivity index (χ0v) is 10.8. The maximum absolute atomic E-state index is 8.84. The summed E-state index contributed by atoms with van der Waals surface area (Å²) in [4.78, 5) is 10.6. The molecule has 0 unspecified atom stereocenters. The van der Waals surface area contributed by atoms with Crippen LogP contribution in [0.3, 0.4) is 0 Å². The molecule has 0 atom stereocenters. The molecule has 0 aliphatic rings. The molecule has 0 saturated heterocycles. The van der Waals surface area contributed by atoms with Gasteiger partial charge in [0.1, 0.15) is 11.8 Å². The summed E-state index contributed by atoms with van der Waals surface area (Å²) in [7, 11) is 0. The molecule has 0 aliphatic carbocycles. The number of hydrogen-bond acceptors (Lipinski definition) is 4. The molecule has 0 fully saturated rings. The number of nitriles is 1. The van der Waals surface area contributed by atoms with E-state index in [0.717, 1.165) is 13.0 Å². The van der Waals surface area contributed by atoms with Gasteiger partial charge in [-0.25, -0.2) is 9.97 Å². The van der Waals surface area contributed by atoms with Crippen LogP contribution in [-0.4, -0.2) is 22.6 Å². The second-order valence-corrected chi connectivity index (χ2v) is 4.35. The molecule has 1 heterocycles. The molecule has 0 amide bonds. The Labute approximate surface area is 103 Å². The van der Waals surface area contributed by atoms with E-state index >= 15 is 0 Å². The zero-order valence-electron chi connectivity index (χ0n) is 10.8. The molecule has 0 bridgehead atoms. The zero-order chi connectivity index (χ0) is 12.7. The minimum absolute atomic E-state index is 0.348. The minimum Gasteiger partial charge on any atom is -0.338 e. The number of hydrogen-bond donors (Lipinski definition) is 0. The van der Waals surface area contributed by atoms with E-state index in [1.807, 2.05) is 0 Å². The predicted molar refractivity (Wildman–Crippen MR) is 68.8 cm³/mol. The number of aromatic nitrogens is 2. The monoisotopic (exact) mass is 232 g/mol. The lowest BCUT2D eigenvalue weighted by Crippen LogP contribution is -2.33. The summed E-state index contributed by atoms with van der Waals surface area (Å²) in [6.07, 6.45) is 5.19. The molecule has 1 aromatic rings. The largest absolute Gasteiger partial charge is 0.338 e. The highest BCUT2D eigenvalue weighted by Gasteiger charge is 2.13. The van der Waals surface area contributed by atoms with Gasteiger partial charge in [0.05, 0.1) is 0 Å². The first-order chi connectivity index (χ1) is 8.19. The molecule has 0 aliphatic heterocycles. The highest BCUT2D eigenvalue weighted by Crippen LogP contribution is 2.12. The summed E-state index contributed by atoms with van der Waals surface area (Å²) in [6.45, 7) is 7.37. The summed E-state index contributed by atoms with van der Waals surface area (Å²) >= 11 is 0. The molecule has 0 radical (unpaired) electrons. The molecule has 92 valence electrons. The second kappa shape index (κ2) is 6.85. The van der Waals surface area contributed by atoms with Crippen molar-refractivity contribution in [3.8, 4) is 6.07 Å². The minimum atomic E-state index is 0.348. The van der Waals surface area contributed by atoms with Gasteiger partial charge >= 0.3 is 0 Å². The topological polar surface area (TPSA) is 52.8 Å². The van der Waals surface area contributed by atoms with Crippen LogP contribution in [0, 0.1) is 11.3 Å². The number of unbranched alkanes of at least 4 members (excludes halogenated alkanes) is 2. The molecule has 1 aromatic heterocycles. The Bertz CT molecular complexity index is 381. The van der Waals surface area contributed by atoms with E-state index in [1.54, 1.807) is 12.3 Å². The highest BCUT2D eigenvalue weighted by molar-refractivity contribution is 5.34. The SMILES string of the molecule is CCCCCN(c1nccc(C#N)n1)C(C)C. The third-order valence-electron chi connectivity index (χ3n) is 2.64. The Morgan fingerprint density at radius 1 is 1.41 bits per heavy atom. The van der Waals surface area contributed by atoms with Gasteiger partial charge in [0.15, 0.2) is 0 Å². The summed E-state index contributed by atoms with van der Waals surface area (Å²) < 4.78 is 0. The molecule has 0 aromatic carbocycles. The molecule has 0 saturated carbocycles. The first-order valence-electron chi connectivity index (χ1n) is 6.18. The first-order valence-corrected chi connectivity index (χ1v) is 6.18.